The normalized spacial score (nSPS) is 12.7. The van der Waals surface area contributed by atoms with Crippen molar-refractivity contribution in [2.75, 3.05) is 11.0 Å². The van der Waals surface area contributed by atoms with E-state index in [9.17, 15) is 31.2 Å². The van der Waals surface area contributed by atoms with E-state index in [1.807, 2.05) is 0 Å². The number of halogens is 3. The second-order valence-electron chi connectivity index (χ2n) is 5.94. The summed E-state index contributed by atoms with van der Waals surface area (Å²) < 4.78 is 69.8. The average Bonchev–Trinajstić information content (AvgIpc) is 2.59. The van der Waals surface area contributed by atoms with E-state index in [4.69, 9.17) is 4.74 Å². The zero-order valence-electron chi connectivity index (χ0n) is 15.2. The van der Waals surface area contributed by atoms with Crippen molar-refractivity contribution in [2.24, 2.45) is 0 Å². The topological polar surface area (TPSA) is 98.8 Å². The first-order valence-electron chi connectivity index (χ1n) is 8.03. The third-order valence-electron chi connectivity index (χ3n) is 3.45. The van der Waals surface area contributed by atoms with Gasteiger partial charge in [0.1, 0.15) is 5.75 Å². The molecule has 0 heterocycles. The lowest BCUT2D eigenvalue weighted by Crippen LogP contribution is -2.24. The Morgan fingerprint density at radius 1 is 0.966 bits per heavy atom. The lowest BCUT2D eigenvalue weighted by atomic mass is 10.1. The summed E-state index contributed by atoms with van der Waals surface area (Å²) in [6.07, 6.45) is -5.05. The SMILES string of the molecule is C[C@@H](OC(=O)c1ccc(OC(F)(F)F)cc1)C(=O)c1ccc(NS(C)(=O)=O)cc1. The molecule has 0 aliphatic heterocycles. The van der Waals surface area contributed by atoms with Gasteiger partial charge >= 0.3 is 12.3 Å². The van der Waals surface area contributed by atoms with Crippen LogP contribution in [0.5, 0.6) is 5.75 Å². The average molecular weight is 431 g/mol. The molecule has 0 spiro atoms. The fraction of sp³-hybridized carbons (Fsp3) is 0.222. The minimum Gasteiger partial charge on any atom is -0.451 e. The fourth-order valence-corrected chi connectivity index (χ4v) is 2.79. The number of anilines is 1. The molecule has 0 saturated carbocycles. The van der Waals surface area contributed by atoms with E-state index in [2.05, 4.69) is 9.46 Å². The minimum atomic E-state index is -4.85. The van der Waals surface area contributed by atoms with Crippen LogP contribution in [0.25, 0.3) is 0 Å². The lowest BCUT2D eigenvalue weighted by Gasteiger charge is -2.13. The van der Waals surface area contributed by atoms with Gasteiger partial charge in [-0.25, -0.2) is 13.2 Å². The number of esters is 1. The zero-order valence-corrected chi connectivity index (χ0v) is 16.0. The molecule has 0 radical (unpaired) electrons. The highest BCUT2D eigenvalue weighted by atomic mass is 32.2. The number of alkyl halides is 3. The second kappa shape index (κ2) is 8.52. The van der Waals surface area contributed by atoms with Gasteiger partial charge in [0.2, 0.25) is 15.8 Å². The van der Waals surface area contributed by atoms with Gasteiger partial charge in [0, 0.05) is 11.3 Å². The van der Waals surface area contributed by atoms with Crippen LogP contribution in [0.3, 0.4) is 0 Å². The van der Waals surface area contributed by atoms with Crippen LogP contribution in [-0.2, 0) is 14.8 Å². The highest BCUT2D eigenvalue weighted by molar-refractivity contribution is 7.92. The van der Waals surface area contributed by atoms with Gasteiger partial charge in [0.05, 0.1) is 11.8 Å². The third-order valence-corrected chi connectivity index (χ3v) is 4.06. The van der Waals surface area contributed by atoms with Crippen LogP contribution in [0, 0.1) is 0 Å². The largest absolute Gasteiger partial charge is 0.573 e. The molecule has 2 rings (SSSR count). The van der Waals surface area contributed by atoms with Crippen molar-refractivity contribution in [3.8, 4) is 5.75 Å². The number of hydrogen-bond acceptors (Lipinski definition) is 6. The third kappa shape index (κ3) is 7.11. The number of carbonyl (C=O) groups is 2. The van der Waals surface area contributed by atoms with Crippen molar-refractivity contribution in [3.63, 3.8) is 0 Å². The molecule has 7 nitrogen and oxygen atoms in total. The first-order chi connectivity index (χ1) is 13.3. The smallest absolute Gasteiger partial charge is 0.451 e. The predicted molar refractivity (Wildman–Crippen MR) is 97.2 cm³/mol. The van der Waals surface area contributed by atoms with Gasteiger partial charge < -0.3 is 9.47 Å². The standard InChI is InChI=1S/C18H16F3NO6S/c1-11(16(23)12-3-7-14(8-4-12)22-29(2,25)26)27-17(24)13-5-9-15(10-6-13)28-18(19,20)21/h3-11,22H,1-2H3/t11-/m1/s1. The number of carbonyl (C=O) groups excluding carboxylic acids is 2. The van der Waals surface area contributed by atoms with Crippen molar-refractivity contribution in [3.05, 3.63) is 59.7 Å². The lowest BCUT2D eigenvalue weighted by molar-refractivity contribution is -0.274. The number of ether oxygens (including phenoxy) is 2. The molecule has 11 heteroatoms. The Kier molecular flexibility index (Phi) is 6.52. The van der Waals surface area contributed by atoms with Crippen molar-refractivity contribution < 1.29 is 40.7 Å². The minimum absolute atomic E-state index is 0.0631. The van der Waals surface area contributed by atoms with E-state index >= 15 is 0 Å². The van der Waals surface area contributed by atoms with Crippen LogP contribution in [0.4, 0.5) is 18.9 Å². The Morgan fingerprint density at radius 2 is 1.48 bits per heavy atom. The van der Waals surface area contributed by atoms with Crippen LogP contribution in [0.15, 0.2) is 48.5 Å². The molecule has 0 amide bonds. The summed E-state index contributed by atoms with van der Waals surface area (Å²) in [6.45, 7) is 1.34. The van der Waals surface area contributed by atoms with E-state index in [1.54, 1.807) is 0 Å². The first-order valence-corrected chi connectivity index (χ1v) is 9.92. The molecule has 1 atom stereocenters. The monoisotopic (exact) mass is 431 g/mol. The highest BCUT2D eigenvalue weighted by Crippen LogP contribution is 2.23. The summed E-state index contributed by atoms with van der Waals surface area (Å²) in [7, 11) is -3.46. The fourth-order valence-electron chi connectivity index (χ4n) is 2.23. The molecule has 1 N–H and O–H groups in total. The van der Waals surface area contributed by atoms with Gasteiger partial charge in [-0.1, -0.05) is 0 Å². The summed E-state index contributed by atoms with van der Waals surface area (Å²) >= 11 is 0. The summed E-state index contributed by atoms with van der Waals surface area (Å²) in [5, 5.41) is 0. The molecule has 156 valence electrons. The molecule has 0 unspecified atom stereocenters. The van der Waals surface area contributed by atoms with Crippen LogP contribution < -0.4 is 9.46 Å². The summed E-state index contributed by atoms with van der Waals surface area (Å²) in [6, 6.07) is 9.53. The van der Waals surface area contributed by atoms with Gasteiger partial charge in [0.15, 0.2) is 6.10 Å². The molecule has 0 aromatic heterocycles. The van der Waals surface area contributed by atoms with Crippen molar-refractivity contribution in [1.82, 2.24) is 0 Å². The molecule has 2 aromatic carbocycles. The van der Waals surface area contributed by atoms with Crippen LogP contribution in [0.2, 0.25) is 0 Å². The van der Waals surface area contributed by atoms with E-state index in [0.717, 1.165) is 30.5 Å². The molecular formula is C18H16F3NO6S. The van der Waals surface area contributed by atoms with E-state index in [0.29, 0.717) is 0 Å². The van der Waals surface area contributed by atoms with E-state index in [1.165, 1.54) is 31.2 Å². The number of rotatable bonds is 7. The van der Waals surface area contributed by atoms with Gasteiger partial charge in [-0.3, -0.25) is 9.52 Å². The number of benzene rings is 2. The highest BCUT2D eigenvalue weighted by Gasteiger charge is 2.31. The second-order valence-corrected chi connectivity index (χ2v) is 7.68. The summed E-state index contributed by atoms with van der Waals surface area (Å²) in [4.78, 5) is 24.4. The summed E-state index contributed by atoms with van der Waals surface area (Å²) in [5.41, 5.74) is 0.375. The predicted octanol–water partition coefficient (Wildman–Crippen LogP) is 3.38. The Morgan fingerprint density at radius 3 is 1.97 bits per heavy atom. The van der Waals surface area contributed by atoms with Crippen molar-refractivity contribution >= 4 is 27.5 Å². The molecule has 0 bridgehead atoms. The number of hydrogen-bond donors (Lipinski definition) is 1. The molecule has 0 saturated heterocycles. The van der Waals surface area contributed by atoms with E-state index < -0.39 is 40.0 Å². The van der Waals surface area contributed by atoms with Crippen LogP contribution >= 0.6 is 0 Å². The quantitative estimate of drug-likeness (QED) is 0.533. The van der Waals surface area contributed by atoms with Gasteiger partial charge in [-0.05, 0) is 55.5 Å². The van der Waals surface area contributed by atoms with Crippen LogP contribution in [0.1, 0.15) is 27.6 Å². The van der Waals surface area contributed by atoms with Gasteiger partial charge in [0.25, 0.3) is 0 Å². The number of ketones is 1. The molecular weight excluding hydrogens is 415 g/mol. The first kappa shape index (κ1) is 22.2. The Bertz CT molecular complexity index is 986. The maximum Gasteiger partial charge on any atom is 0.573 e. The zero-order chi connectivity index (χ0) is 21.8. The molecule has 0 aliphatic carbocycles. The Labute approximate surface area is 164 Å². The number of sulfonamides is 1. The number of nitrogens with one attached hydrogen (secondary N) is 1. The van der Waals surface area contributed by atoms with Gasteiger partial charge in [-0.2, -0.15) is 0 Å². The van der Waals surface area contributed by atoms with Gasteiger partial charge in [-0.15, -0.1) is 13.2 Å². The molecule has 0 fully saturated rings. The summed E-state index contributed by atoms with van der Waals surface area (Å²) in [5.74, 6) is -1.94. The Hall–Kier alpha value is -3.08. The van der Waals surface area contributed by atoms with E-state index in [-0.39, 0.29) is 16.8 Å². The molecule has 29 heavy (non-hydrogen) atoms. The molecule has 2 aromatic rings. The van der Waals surface area contributed by atoms with Crippen molar-refractivity contribution in [1.29, 1.82) is 0 Å². The maximum absolute atomic E-state index is 12.4. The van der Waals surface area contributed by atoms with Crippen LogP contribution in [-0.4, -0.2) is 38.9 Å². The maximum atomic E-state index is 12.4. The Balaban J connectivity index is 2.00. The molecule has 0 aliphatic rings. The van der Waals surface area contributed by atoms with Crippen molar-refractivity contribution in [2.45, 2.75) is 19.4 Å². The number of Topliss-reactive ketones (excluding diaryl/α,β-unsaturated/α-hetero) is 1.